The first kappa shape index (κ1) is 19.3. The van der Waals surface area contributed by atoms with Crippen LogP contribution < -0.4 is 10.4 Å². The van der Waals surface area contributed by atoms with Gasteiger partial charge in [-0.1, -0.05) is 32.4 Å². The number of hydrogen-bond acceptors (Lipinski definition) is 4. The summed E-state index contributed by atoms with van der Waals surface area (Å²) in [5.74, 6) is 1.45. The molecule has 28 heavy (non-hydrogen) atoms. The zero-order chi connectivity index (χ0) is 20.1. The number of benzene rings is 1. The number of rotatable bonds is 3. The van der Waals surface area contributed by atoms with Crippen molar-refractivity contribution >= 4 is 11.0 Å². The summed E-state index contributed by atoms with van der Waals surface area (Å²) in [5.41, 5.74) is 1.57. The topological polar surface area (TPSA) is 59.7 Å². The van der Waals surface area contributed by atoms with Crippen LogP contribution in [0.5, 0.6) is 5.75 Å². The van der Waals surface area contributed by atoms with E-state index in [9.17, 15) is 9.90 Å². The van der Waals surface area contributed by atoms with Gasteiger partial charge in [0.15, 0.2) is 0 Å². The van der Waals surface area contributed by atoms with E-state index in [-0.39, 0.29) is 22.6 Å². The number of fused-ring (bicyclic) bond motifs is 2. The fourth-order valence-electron chi connectivity index (χ4n) is 5.66. The second kappa shape index (κ2) is 6.77. The zero-order valence-electron chi connectivity index (χ0n) is 17.2. The third-order valence-electron chi connectivity index (χ3n) is 7.54. The quantitative estimate of drug-likeness (QED) is 0.603. The molecule has 4 rings (SSSR count). The fraction of sp³-hybridized carbons (Fsp3) is 0.542. The van der Waals surface area contributed by atoms with Gasteiger partial charge in [-0.05, 0) is 61.1 Å². The average molecular weight is 383 g/mol. The third-order valence-corrected chi connectivity index (χ3v) is 7.54. The second-order valence-corrected chi connectivity index (χ2v) is 9.44. The van der Waals surface area contributed by atoms with Crippen molar-refractivity contribution in [2.75, 3.05) is 6.61 Å². The average Bonchev–Trinajstić information content (AvgIpc) is 2.64. The minimum atomic E-state index is -0.353. The van der Waals surface area contributed by atoms with Gasteiger partial charge in [-0.3, -0.25) is 0 Å². The van der Waals surface area contributed by atoms with Gasteiger partial charge in [-0.2, -0.15) is 0 Å². The van der Waals surface area contributed by atoms with Crippen LogP contribution in [0.3, 0.4) is 0 Å². The van der Waals surface area contributed by atoms with Gasteiger partial charge < -0.3 is 14.3 Å². The number of aliphatic hydroxyl groups is 1. The molecule has 1 saturated carbocycles. The predicted molar refractivity (Wildman–Crippen MR) is 110 cm³/mol. The Morgan fingerprint density at radius 2 is 1.96 bits per heavy atom. The van der Waals surface area contributed by atoms with Gasteiger partial charge in [0.2, 0.25) is 0 Å². The molecular formula is C24H30O4. The first-order valence-electron chi connectivity index (χ1n) is 10.2. The molecule has 2 aromatic rings. The molecule has 150 valence electrons. The molecular weight excluding hydrogens is 352 g/mol. The van der Waals surface area contributed by atoms with Crippen LogP contribution in [-0.4, -0.2) is 17.8 Å². The van der Waals surface area contributed by atoms with Gasteiger partial charge in [-0.25, -0.2) is 4.79 Å². The van der Waals surface area contributed by atoms with Crippen LogP contribution in [-0.2, 0) is 0 Å². The fourth-order valence-corrected chi connectivity index (χ4v) is 5.66. The highest BCUT2D eigenvalue weighted by molar-refractivity contribution is 5.77. The molecule has 4 nitrogen and oxygen atoms in total. The summed E-state index contributed by atoms with van der Waals surface area (Å²) in [6.07, 6.45) is 4.95. The standard InChI is InChI=1S/C24H30O4/c1-15-5-9-20-23(2,3)21(25)11-12-24(20,4)18(15)14-27-17-8-6-16-7-10-22(26)28-19(16)13-17/h5-8,10,13,18,20-21,25H,9,11-12,14H2,1-4H3/t18-,20-,21-,24-/m0/s1. The SMILES string of the molecule is CC1=CC[C@H]2C(C)(C)[C@@H](O)CC[C@@]2(C)[C@H]1COc1ccc2ccc(=O)oc2c1. The summed E-state index contributed by atoms with van der Waals surface area (Å²) < 4.78 is 11.5. The van der Waals surface area contributed by atoms with Gasteiger partial charge in [0.25, 0.3) is 0 Å². The summed E-state index contributed by atoms with van der Waals surface area (Å²) in [6, 6.07) is 8.84. The van der Waals surface area contributed by atoms with E-state index in [0.717, 1.165) is 30.4 Å². The van der Waals surface area contributed by atoms with Crippen molar-refractivity contribution in [2.45, 2.75) is 53.1 Å². The van der Waals surface area contributed by atoms with Gasteiger partial charge >= 0.3 is 5.63 Å². The van der Waals surface area contributed by atoms with E-state index in [1.807, 2.05) is 12.1 Å². The third kappa shape index (κ3) is 3.08. The van der Waals surface area contributed by atoms with Crippen LogP contribution in [0.15, 0.2) is 51.2 Å². The molecule has 1 heterocycles. The summed E-state index contributed by atoms with van der Waals surface area (Å²) in [5, 5.41) is 11.5. The molecule has 1 fully saturated rings. The molecule has 0 saturated heterocycles. The van der Waals surface area contributed by atoms with Crippen molar-refractivity contribution in [2.24, 2.45) is 22.7 Å². The Balaban J connectivity index is 1.59. The minimum Gasteiger partial charge on any atom is -0.493 e. The Bertz CT molecular complexity index is 970. The Labute approximate surface area is 166 Å². The molecule has 0 amide bonds. The predicted octanol–water partition coefficient (Wildman–Crippen LogP) is 4.94. The normalized spacial score (nSPS) is 31.9. The molecule has 0 spiro atoms. The number of aliphatic hydroxyl groups excluding tert-OH is 1. The molecule has 0 aliphatic heterocycles. The van der Waals surface area contributed by atoms with Crippen LogP contribution in [0.1, 0.15) is 47.0 Å². The molecule has 1 aromatic heterocycles. The highest BCUT2D eigenvalue weighted by Crippen LogP contribution is 2.59. The van der Waals surface area contributed by atoms with E-state index in [4.69, 9.17) is 9.15 Å². The minimum absolute atomic E-state index is 0.102. The lowest BCUT2D eigenvalue weighted by Gasteiger charge is -2.58. The van der Waals surface area contributed by atoms with Crippen molar-refractivity contribution in [3.05, 3.63) is 52.4 Å². The van der Waals surface area contributed by atoms with Crippen LogP contribution in [0.4, 0.5) is 0 Å². The van der Waals surface area contributed by atoms with Crippen molar-refractivity contribution in [1.82, 2.24) is 0 Å². The van der Waals surface area contributed by atoms with E-state index >= 15 is 0 Å². The van der Waals surface area contributed by atoms with Crippen molar-refractivity contribution in [1.29, 1.82) is 0 Å². The highest BCUT2D eigenvalue weighted by atomic mass is 16.5. The summed E-state index contributed by atoms with van der Waals surface area (Å²) in [6.45, 7) is 9.57. The van der Waals surface area contributed by atoms with Crippen LogP contribution in [0, 0.1) is 22.7 Å². The largest absolute Gasteiger partial charge is 0.493 e. The Morgan fingerprint density at radius 3 is 2.75 bits per heavy atom. The molecule has 4 atom stereocenters. The number of ether oxygens (including phenoxy) is 1. The number of hydrogen-bond donors (Lipinski definition) is 1. The van der Waals surface area contributed by atoms with Crippen molar-refractivity contribution < 1.29 is 14.3 Å². The molecule has 2 aliphatic rings. The molecule has 1 aromatic carbocycles. The lowest BCUT2D eigenvalue weighted by molar-refractivity contribution is -0.119. The maximum Gasteiger partial charge on any atom is 0.336 e. The van der Waals surface area contributed by atoms with E-state index in [0.29, 0.717) is 24.0 Å². The van der Waals surface area contributed by atoms with Crippen molar-refractivity contribution in [3.63, 3.8) is 0 Å². The summed E-state index contributed by atoms with van der Waals surface area (Å²) in [4.78, 5) is 11.5. The van der Waals surface area contributed by atoms with Crippen LogP contribution in [0.2, 0.25) is 0 Å². The summed E-state index contributed by atoms with van der Waals surface area (Å²) >= 11 is 0. The molecule has 0 bridgehead atoms. The second-order valence-electron chi connectivity index (χ2n) is 9.44. The first-order valence-corrected chi connectivity index (χ1v) is 10.2. The Hall–Kier alpha value is -2.07. The molecule has 2 aliphatic carbocycles. The van der Waals surface area contributed by atoms with E-state index in [1.54, 1.807) is 12.1 Å². The van der Waals surface area contributed by atoms with Crippen LogP contribution >= 0.6 is 0 Å². The van der Waals surface area contributed by atoms with Gasteiger partial charge in [0, 0.05) is 23.4 Å². The lowest BCUT2D eigenvalue weighted by atomic mass is 9.48. The lowest BCUT2D eigenvalue weighted by Crippen LogP contribution is -2.55. The summed E-state index contributed by atoms with van der Waals surface area (Å²) in [7, 11) is 0. The molecule has 0 unspecified atom stereocenters. The van der Waals surface area contributed by atoms with Gasteiger partial charge in [-0.15, -0.1) is 0 Å². The van der Waals surface area contributed by atoms with E-state index in [1.165, 1.54) is 11.6 Å². The van der Waals surface area contributed by atoms with Gasteiger partial charge in [0.05, 0.1) is 12.7 Å². The molecule has 0 radical (unpaired) electrons. The maximum absolute atomic E-state index is 11.5. The van der Waals surface area contributed by atoms with Gasteiger partial charge in [0.1, 0.15) is 11.3 Å². The Kier molecular flexibility index (Phi) is 4.65. The Morgan fingerprint density at radius 1 is 1.21 bits per heavy atom. The first-order chi connectivity index (χ1) is 13.2. The van der Waals surface area contributed by atoms with E-state index in [2.05, 4.69) is 33.8 Å². The molecule has 1 N–H and O–H groups in total. The van der Waals surface area contributed by atoms with E-state index < -0.39 is 0 Å². The smallest absolute Gasteiger partial charge is 0.336 e. The molecule has 4 heteroatoms. The highest BCUT2D eigenvalue weighted by Gasteiger charge is 2.55. The van der Waals surface area contributed by atoms with Crippen molar-refractivity contribution in [3.8, 4) is 5.75 Å². The maximum atomic E-state index is 11.5. The monoisotopic (exact) mass is 382 g/mol. The number of allylic oxidation sites excluding steroid dienone is 1. The van der Waals surface area contributed by atoms with Crippen LogP contribution in [0.25, 0.3) is 11.0 Å². The zero-order valence-corrected chi connectivity index (χ0v) is 17.2.